The van der Waals surface area contributed by atoms with Crippen LogP contribution in [0.1, 0.15) is 46.5 Å². The van der Waals surface area contributed by atoms with Crippen LogP contribution in [0.4, 0.5) is 0 Å². The Morgan fingerprint density at radius 2 is 2.00 bits per heavy atom. The zero-order chi connectivity index (χ0) is 14.0. The summed E-state index contributed by atoms with van der Waals surface area (Å²) in [4.78, 5) is 11.7. The van der Waals surface area contributed by atoms with Crippen LogP contribution in [-0.4, -0.2) is 32.4 Å². The molecule has 18 heavy (non-hydrogen) atoms. The van der Waals surface area contributed by atoms with Crippen LogP contribution in [0, 0.1) is 11.3 Å². The fraction of sp³-hybridized carbons (Fsp3) is 0.923. The smallest absolute Gasteiger partial charge is 0.221 e. The predicted molar refractivity (Wildman–Crippen MR) is 73.1 cm³/mol. The first-order chi connectivity index (χ1) is 8.09. The monoisotopic (exact) mass is 275 g/mol. The lowest BCUT2D eigenvalue weighted by Gasteiger charge is -2.39. The molecule has 1 amide bonds. The second-order valence-electron chi connectivity index (χ2n) is 6.44. The van der Waals surface area contributed by atoms with Crippen LogP contribution in [0.25, 0.3) is 0 Å². The molecule has 4 nitrogen and oxygen atoms in total. The van der Waals surface area contributed by atoms with Gasteiger partial charge in [0, 0.05) is 18.7 Å². The van der Waals surface area contributed by atoms with Crippen molar-refractivity contribution in [1.29, 1.82) is 0 Å². The molecule has 0 aliphatic heterocycles. The standard InChI is InChI=1S/C13H25NO3S/c1-10-9-13(2,3)7-5-11(10)14-12(15)6-8-18(4,16)17/h10-11H,5-9H2,1-4H3,(H,14,15). The van der Waals surface area contributed by atoms with Gasteiger partial charge in [-0.05, 0) is 30.6 Å². The zero-order valence-corrected chi connectivity index (χ0v) is 12.6. The summed E-state index contributed by atoms with van der Waals surface area (Å²) in [5.74, 6) is 0.249. The van der Waals surface area contributed by atoms with Crippen molar-refractivity contribution in [3.05, 3.63) is 0 Å². The van der Waals surface area contributed by atoms with Crippen LogP contribution >= 0.6 is 0 Å². The van der Waals surface area contributed by atoms with Crippen molar-refractivity contribution >= 4 is 15.7 Å². The van der Waals surface area contributed by atoms with Gasteiger partial charge in [-0.15, -0.1) is 0 Å². The van der Waals surface area contributed by atoms with Gasteiger partial charge in [-0.25, -0.2) is 8.42 Å². The first kappa shape index (κ1) is 15.5. The maximum Gasteiger partial charge on any atom is 0.221 e. The Labute approximate surface area is 110 Å². The van der Waals surface area contributed by atoms with Crippen molar-refractivity contribution in [2.45, 2.75) is 52.5 Å². The number of carbonyl (C=O) groups is 1. The van der Waals surface area contributed by atoms with Crippen LogP contribution in [0.15, 0.2) is 0 Å². The minimum atomic E-state index is -3.05. The summed E-state index contributed by atoms with van der Waals surface area (Å²) in [6, 6.07) is 0.199. The van der Waals surface area contributed by atoms with Gasteiger partial charge in [-0.2, -0.15) is 0 Å². The largest absolute Gasteiger partial charge is 0.353 e. The molecule has 1 rings (SSSR count). The highest BCUT2D eigenvalue weighted by Crippen LogP contribution is 2.38. The molecule has 0 bridgehead atoms. The van der Waals surface area contributed by atoms with E-state index < -0.39 is 9.84 Å². The molecule has 106 valence electrons. The quantitative estimate of drug-likeness (QED) is 0.850. The van der Waals surface area contributed by atoms with Crippen LogP contribution in [0.3, 0.4) is 0 Å². The summed E-state index contributed by atoms with van der Waals surface area (Å²) >= 11 is 0. The van der Waals surface area contributed by atoms with E-state index >= 15 is 0 Å². The molecule has 0 aromatic heterocycles. The Morgan fingerprint density at radius 1 is 1.39 bits per heavy atom. The van der Waals surface area contributed by atoms with E-state index in [0.717, 1.165) is 25.5 Å². The summed E-state index contributed by atoms with van der Waals surface area (Å²) in [6.45, 7) is 6.67. The molecule has 0 spiro atoms. The van der Waals surface area contributed by atoms with Crippen molar-refractivity contribution in [1.82, 2.24) is 5.32 Å². The SMILES string of the molecule is CC1CC(C)(C)CCC1NC(=O)CCS(C)(=O)=O. The molecule has 1 aliphatic rings. The second kappa shape index (κ2) is 5.59. The van der Waals surface area contributed by atoms with E-state index in [1.807, 2.05) is 0 Å². The van der Waals surface area contributed by atoms with Gasteiger partial charge in [0.05, 0.1) is 5.75 Å². The highest BCUT2D eigenvalue weighted by Gasteiger charge is 2.32. The van der Waals surface area contributed by atoms with Crippen molar-refractivity contribution in [3.63, 3.8) is 0 Å². The van der Waals surface area contributed by atoms with E-state index in [1.165, 1.54) is 0 Å². The maximum absolute atomic E-state index is 11.7. The third-order valence-corrected chi connectivity index (χ3v) is 4.69. The molecule has 1 aliphatic carbocycles. The third kappa shape index (κ3) is 5.38. The number of amides is 1. The van der Waals surface area contributed by atoms with E-state index in [4.69, 9.17) is 0 Å². The first-order valence-electron chi connectivity index (χ1n) is 6.56. The Balaban J connectivity index is 2.41. The van der Waals surface area contributed by atoms with E-state index in [9.17, 15) is 13.2 Å². The number of sulfone groups is 1. The fourth-order valence-electron chi connectivity index (χ4n) is 2.72. The molecule has 0 aromatic carbocycles. The molecule has 2 unspecified atom stereocenters. The minimum absolute atomic E-state index is 0.0641. The van der Waals surface area contributed by atoms with Crippen LogP contribution in [0.5, 0.6) is 0 Å². The fourth-order valence-corrected chi connectivity index (χ4v) is 3.27. The van der Waals surface area contributed by atoms with Gasteiger partial charge < -0.3 is 5.32 Å². The highest BCUT2D eigenvalue weighted by atomic mass is 32.2. The molecular weight excluding hydrogens is 250 g/mol. The molecule has 2 atom stereocenters. The molecule has 0 aromatic rings. The van der Waals surface area contributed by atoms with Gasteiger partial charge in [-0.1, -0.05) is 20.8 Å². The minimum Gasteiger partial charge on any atom is -0.353 e. The summed E-state index contributed by atoms with van der Waals surface area (Å²) in [5.41, 5.74) is 0.355. The molecule has 1 saturated carbocycles. The van der Waals surface area contributed by atoms with Crippen molar-refractivity contribution in [2.24, 2.45) is 11.3 Å². The number of hydrogen-bond acceptors (Lipinski definition) is 3. The van der Waals surface area contributed by atoms with Gasteiger partial charge in [0.1, 0.15) is 9.84 Å². The van der Waals surface area contributed by atoms with E-state index in [0.29, 0.717) is 11.3 Å². The van der Waals surface area contributed by atoms with Gasteiger partial charge in [0.2, 0.25) is 5.91 Å². The Bertz CT molecular complexity index is 400. The maximum atomic E-state index is 11.7. The topological polar surface area (TPSA) is 63.2 Å². The summed E-state index contributed by atoms with van der Waals surface area (Å²) in [6.07, 6.45) is 4.43. The van der Waals surface area contributed by atoms with Crippen LogP contribution in [-0.2, 0) is 14.6 Å². The van der Waals surface area contributed by atoms with Crippen molar-refractivity contribution in [3.8, 4) is 0 Å². The van der Waals surface area contributed by atoms with E-state index in [-0.39, 0.29) is 24.1 Å². The number of hydrogen-bond donors (Lipinski definition) is 1. The summed E-state index contributed by atoms with van der Waals surface area (Å²) in [5, 5.41) is 2.98. The van der Waals surface area contributed by atoms with Gasteiger partial charge in [0.15, 0.2) is 0 Å². The summed E-state index contributed by atoms with van der Waals surface area (Å²) in [7, 11) is -3.05. The molecule has 0 radical (unpaired) electrons. The lowest BCUT2D eigenvalue weighted by atomic mass is 9.70. The Hall–Kier alpha value is -0.580. The predicted octanol–water partition coefficient (Wildman–Crippen LogP) is 1.75. The Morgan fingerprint density at radius 3 is 2.50 bits per heavy atom. The van der Waals surface area contributed by atoms with Gasteiger partial charge in [-0.3, -0.25) is 4.79 Å². The summed E-state index contributed by atoms with van der Waals surface area (Å²) < 4.78 is 22.0. The van der Waals surface area contributed by atoms with E-state index in [2.05, 4.69) is 26.1 Å². The highest BCUT2D eigenvalue weighted by molar-refractivity contribution is 7.90. The van der Waals surface area contributed by atoms with Gasteiger partial charge in [0.25, 0.3) is 0 Å². The Kier molecular flexibility index (Phi) is 4.81. The van der Waals surface area contributed by atoms with E-state index in [1.54, 1.807) is 0 Å². The lowest BCUT2D eigenvalue weighted by Crippen LogP contribution is -2.44. The van der Waals surface area contributed by atoms with Crippen LogP contribution in [0.2, 0.25) is 0 Å². The van der Waals surface area contributed by atoms with Gasteiger partial charge >= 0.3 is 0 Å². The zero-order valence-electron chi connectivity index (χ0n) is 11.8. The van der Waals surface area contributed by atoms with Crippen molar-refractivity contribution < 1.29 is 13.2 Å². The number of rotatable bonds is 4. The average molecular weight is 275 g/mol. The third-order valence-electron chi connectivity index (χ3n) is 3.74. The molecule has 0 heterocycles. The molecule has 1 fully saturated rings. The molecule has 0 saturated heterocycles. The van der Waals surface area contributed by atoms with Crippen LogP contribution < -0.4 is 5.32 Å². The number of carbonyl (C=O) groups excluding carboxylic acids is 1. The second-order valence-corrected chi connectivity index (χ2v) is 8.70. The molecule has 5 heteroatoms. The number of nitrogens with one attached hydrogen (secondary N) is 1. The molecular formula is C13H25NO3S. The lowest BCUT2D eigenvalue weighted by molar-refractivity contribution is -0.122. The average Bonchev–Trinajstić information content (AvgIpc) is 2.18. The van der Waals surface area contributed by atoms with Crippen molar-refractivity contribution in [2.75, 3.05) is 12.0 Å². The molecule has 1 N–H and O–H groups in total. The first-order valence-corrected chi connectivity index (χ1v) is 8.62. The normalized spacial score (nSPS) is 27.8.